The lowest BCUT2D eigenvalue weighted by atomic mass is 10.2. The van der Waals surface area contributed by atoms with Crippen molar-refractivity contribution in [2.75, 3.05) is 14.1 Å². The summed E-state index contributed by atoms with van der Waals surface area (Å²) in [5.41, 5.74) is 5.45. The molecule has 0 bridgehead atoms. The monoisotopic (exact) mass is 182 g/mol. The smallest absolute Gasteiger partial charge is 0.278 e. The average Bonchev–Trinajstić information content (AvgIpc) is 2.27. The van der Waals surface area contributed by atoms with E-state index in [1.54, 1.807) is 0 Å². The van der Waals surface area contributed by atoms with Crippen molar-refractivity contribution in [2.24, 2.45) is 10.7 Å². The number of nitrogens with one attached hydrogen (secondary N) is 1. The highest BCUT2D eigenvalue weighted by Gasteiger charge is 2.46. The molecule has 2 rings (SSSR count). The number of aliphatic imine (C=N–C) groups is 1. The van der Waals surface area contributed by atoms with Crippen LogP contribution >= 0.6 is 0 Å². The maximum atomic E-state index is 11.5. The van der Waals surface area contributed by atoms with Crippen molar-refractivity contribution in [3.8, 4) is 0 Å². The predicted octanol–water partition coefficient (Wildman–Crippen LogP) is -2.26. The number of amides is 1. The number of fused-ring (bicyclic) bond motifs is 1. The highest BCUT2D eigenvalue weighted by molar-refractivity contribution is 6.01. The number of hydrogen-bond acceptors (Lipinski definition) is 4. The minimum Gasteiger partial charge on any atom is -0.369 e. The number of guanidine groups is 1. The van der Waals surface area contributed by atoms with E-state index in [-0.39, 0.29) is 24.1 Å². The fourth-order valence-corrected chi connectivity index (χ4v) is 1.72. The third kappa shape index (κ3) is 1.06. The van der Waals surface area contributed by atoms with Crippen molar-refractivity contribution >= 4 is 18.2 Å². The van der Waals surface area contributed by atoms with Gasteiger partial charge in [-0.1, -0.05) is 0 Å². The summed E-state index contributed by atoms with van der Waals surface area (Å²) >= 11 is 0. The van der Waals surface area contributed by atoms with Gasteiger partial charge in [0, 0.05) is 0 Å². The number of hydrogen-bond donors (Lipinski definition) is 2. The van der Waals surface area contributed by atoms with Crippen LogP contribution in [0.3, 0.4) is 0 Å². The van der Waals surface area contributed by atoms with Crippen LogP contribution in [-0.4, -0.2) is 54.0 Å². The lowest BCUT2D eigenvalue weighted by Gasteiger charge is -2.21. The van der Waals surface area contributed by atoms with Crippen LogP contribution in [0.15, 0.2) is 4.99 Å². The summed E-state index contributed by atoms with van der Waals surface area (Å²) in [6.45, 7) is 0. The summed E-state index contributed by atoms with van der Waals surface area (Å²) in [6, 6.07) is -0.253. The number of nitrogens with zero attached hydrogens (tertiary/aromatic N) is 3. The molecule has 6 nitrogen and oxygen atoms in total. The van der Waals surface area contributed by atoms with Gasteiger partial charge in [-0.2, -0.15) is 0 Å². The summed E-state index contributed by atoms with van der Waals surface area (Å²) in [6.07, 6.45) is 1.66. The second-order valence-electron chi connectivity index (χ2n) is 3.31. The number of carbonyl (C=O) groups is 1. The Morgan fingerprint density at radius 2 is 2.46 bits per heavy atom. The van der Waals surface area contributed by atoms with Gasteiger partial charge in [0.05, 0.1) is 14.1 Å². The summed E-state index contributed by atoms with van der Waals surface area (Å²) in [7, 11) is 3.72. The lowest BCUT2D eigenvalue weighted by molar-refractivity contribution is -0.524. The highest BCUT2D eigenvalue weighted by Crippen LogP contribution is 2.14. The molecule has 3 N–H and O–H groups in total. The van der Waals surface area contributed by atoms with Gasteiger partial charge >= 0.3 is 0 Å². The van der Waals surface area contributed by atoms with Gasteiger partial charge in [-0.15, -0.1) is 0 Å². The van der Waals surface area contributed by atoms with E-state index < -0.39 is 0 Å². The molecule has 0 aromatic rings. The molecular weight excluding hydrogens is 170 g/mol. The van der Waals surface area contributed by atoms with E-state index in [1.807, 2.05) is 29.9 Å². The van der Waals surface area contributed by atoms with Crippen molar-refractivity contribution in [1.29, 1.82) is 0 Å². The average molecular weight is 182 g/mol. The molecule has 0 saturated carbocycles. The molecule has 2 heterocycles. The van der Waals surface area contributed by atoms with E-state index in [2.05, 4.69) is 10.3 Å². The molecule has 2 unspecified atom stereocenters. The fourth-order valence-electron chi connectivity index (χ4n) is 1.72. The van der Waals surface area contributed by atoms with E-state index in [4.69, 9.17) is 5.73 Å². The Bertz CT molecular complexity index is 321. The summed E-state index contributed by atoms with van der Waals surface area (Å²) in [5.74, 6) is 0.0994. The van der Waals surface area contributed by atoms with Crippen molar-refractivity contribution in [1.82, 2.24) is 10.2 Å². The lowest BCUT2D eigenvalue weighted by Crippen LogP contribution is -2.56. The molecule has 6 heteroatoms. The second-order valence-corrected chi connectivity index (χ2v) is 3.31. The minimum atomic E-state index is -0.253. The quantitative estimate of drug-likeness (QED) is 0.415. The van der Waals surface area contributed by atoms with Crippen LogP contribution in [0.5, 0.6) is 0 Å². The Kier molecular flexibility index (Phi) is 1.51. The molecule has 2 aliphatic heterocycles. The van der Waals surface area contributed by atoms with Crippen LogP contribution in [0.2, 0.25) is 0 Å². The largest absolute Gasteiger partial charge is 0.369 e. The molecule has 0 spiro atoms. The molecular formula is C7H12N5O+. The van der Waals surface area contributed by atoms with Crippen LogP contribution in [0.1, 0.15) is 0 Å². The van der Waals surface area contributed by atoms with Gasteiger partial charge in [0.1, 0.15) is 0 Å². The van der Waals surface area contributed by atoms with Crippen LogP contribution in [0.25, 0.3) is 0 Å². The highest BCUT2D eigenvalue weighted by atomic mass is 16.2. The first-order chi connectivity index (χ1) is 6.09. The number of nitrogens with two attached hydrogens (primary N) is 1. The van der Waals surface area contributed by atoms with E-state index in [1.165, 1.54) is 0 Å². The van der Waals surface area contributed by atoms with Crippen LogP contribution in [-0.2, 0) is 4.79 Å². The van der Waals surface area contributed by atoms with Gasteiger partial charge in [-0.05, 0) is 0 Å². The van der Waals surface area contributed by atoms with Crippen molar-refractivity contribution < 1.29 is 9.37 Å². The first kappa shape index (κ1) is 8.03. The third-order valence-corrected chi connectivity index (χ3v) is 2.29. The zero-order chi connectivity index (χ0) is 9.59. The van der Waals surface area contributed by atoms with E-state index in [9.17, 15) is 4.79 Å². The number of likely N-dealkylation sites (N-methyl/N-ethyl adjacent to an activating group) is 2. The fraction of sp³-hybridized carbons (Fsp3) is 0.571. The minimum absolute atomic E-state index is 0.0967. The Morgan fingerprint density at radius 3 is 3.15 bits per heavy atom. The first-order valence-electron chi connectivity index (χ1n) is 4.02. The molecule has 0 fully saturated rings. The second kappa shape index (κ2) is 2.45. The number of rotatable bonds is 0. The Hall–Kier alpha value is -1.59. The first-order valence-corrected chi connectivity index (χ1v) is 4.02. The zero-order valence-corrected chi connectivity index (χ0v) is 7.56. The molecule has 70 valence electrons. The van der Waals surface area contributed by atoms with Crippen LogP contribution in [0.4, 0.5) is 0 Å². The van der Waals surface area contributed by atoms with Gasteiger partial charge in [0.15, 0.2) is 5.96 Å². The summed E-state index contributed by atoms with van der Waals surface area (Å²) in [4.78, 5) is 17.5. The summed E-state index contributed by atoms with van der Waals surface area (Å²) < 4.78 is 1.87. The van der Waals surface area contributed by atoms with Crippen LogP contribution < -0.4 is 11.1 Å². The predicted molar refractivity (Wildman–Crippen MR) is 47.4 cm³/mol. The normalized spacial score (nSPS) is 32.2. The Labute approximate surface area is 75.7 Å². The molecule has 0 saturated heterocycles. The zero-order valence-electron chi connectivity index (χ0n) is 7.56. The third-order valence-electron chi connectivity index (χ3n) is 2.29. The molecule has 0 aromatic carbocycles. The van der Waals surface area contributed by atoms with Gasteiger partial charge in [-0.25, -0.2) is 9.57 Å². The molecule has 2 atom stereocenters. The maximum absolute atomic E-state index is 11.5. The van der Waals surface area contributed by atoms with Crippen molar-refractivity contribution in [2.45, 2.75) is 12.2 Å². The topological polar surface area (TPSA) is 73.7 Å². The van der Waals surface area contributed by atoms with Gasteiger partial charge in [0.25, 0.3) is 5.91 Å². The Balaban J connectivity index is 2.37. The molecule has 0 aromatic heterocycles. The van der Waals surface area contributed by atoms with E-state index >= 15 is 0 Å². The Morgan fingerprint density at radius 1 is 1.77 bits per heavy atom. The molecule has 1 amide bonds. The van der Waals surface area contributed by atoms with Crippen molar-refractivity contribution in [3.63, 3.8) is 0 Å². The molecule has 13 heavy (non-hydrogen) atoms. The van der Waals surface area contributed by atoms with Gasteiger partial charge in [-0.3, -0.25) is 15.0 Å². The molecule has 2 aliphatic rings. The SMILES string of the molecule is CN1C=[N+](C)C2N=C(N)NC(=O)C21. The van der Waals surface area contributed by atoms with Crippen molar-refractivity contribution in [3.05, 3.63) is 0 Å². The maximum Gasteiger partial charge on any atom is 0.278 e. The molecule has 0 aliphatic carbocycles. The van der Waals surface area contributed by atoms with Crippen LogP contribution in [0, 0.1) is 0 Å². The summed E-state index contributed by atoms with van der Waals surface area (Å²) in [5, 5.41) is 2.50. The van der Waals surface area contributed by atoms with Gasteiger partial charge in [0.2, 0.25) is 18.5 Å². The molecule has 0 radical (unpaired) electrons. The van der Waals surface area contributed by atoms with E-state index in [0.29, 0.717) is 0 Å². The van der Waals surface area contributed by atoms with Gasteiger partial charge < -0.3 is 5.73 Å². The standard InChI is InChI=1S/C7H11N5O/c1-11-3-12(2)5-4(11)6(13)10-7(8)9-5/h3-5H,1-2H3,(H2-,8,9,10,13)/p+1. The van der Waals surface area contributed by atoms with E-state index in [0.717, 1.165) is 0 Å². The number of carbonyl (C=O) groups excluding carboxylic acids is 1.